The maximum absolute atomic E-state index is 10.6. The first-order chi connectivity index (χ1) is 6.60. The SMILES string of the molecule is C/C=C\C(C=O)=C/C/C(C)=N\N(C)C. The van der Waals surface area contributed by atoms with Crippen molar-refractivity contribution in [1.82, 2.24) is 5.01 Å². The summed E-state index contributed by atoms with van der Waals surface area (Å²) in [5.74, 6) is 0. The highest BCUT2D eigenvalue weighted by Crippen LogP contribution is 1.98. The molecule has 0 heterocycles. The number of aldehydes is 1. The molecule has 0 radical (unpaired) electrons. The maximum Gasteiger partial charge on any atom is 0.149 e. The topological polar surface area (TPSA) is 32.7 Å². The third-order valence-electron chi connectivity index (χ3n) is 1.50. The Kier molecular flexibility index (Phi) is 6.37. The number of hydrazone groups is 1. The van der Waals surface area contributed by atoms with Crippen LogP contribution in [0, 0.1) is 0 Å². The number of carbonyl (C=O) groups is 1. The van der Waals surface area contributed by atoms with Crippen molar-refractivity contribution in [3.63, 3.8) is 0 Å². The summed E-state index contributed by atoms with van der Waals surface area (Å²) < 4.78 is 0. The van der Waals surface area contributed by atoms with Crippen molar-refractivity contribution in [3.8, 4) is 0 Å². The third kappa shape index (κ3) is 6.17. The zero-order chi connectivity index (χ0) is 11.0. The average molecular weight is 194 g/mol. The summed E-state index contributed by atoms with van der Waals surface area (Å²) in [5, 5.41) is 5.96. The van der Waals surface area contributed by atoms with Gasteiger partial charge in [-0.1, -0.05) is 18.2 Å². The summed E-state index contributed by atoms with van der Waals surface area (Å²) >= 11 is 0. The van der Waals surface area contributed by atoms with Gasteiger partial charge >= 0.3 is 0 Å². The van der Waals surface area contributed by atoms with E-state index in [9.17, 15) is 4.79 Å². The zero-order valence-electron chi connectivity index (χ0n) is 9.32. The lowest BCUT2D eigenvalue weighted by atomic mass is 10.2. The van der Waals surface area contributed by atoms with E-state index in [1.165, 1.54) is 0 Å². The molecule has 0 saturated heterocycles. The van der Waals surface area contributed by atoms with Gasteiger partial charge < -0.3 is 5.01 Å². The van der Waals surface area contributed by atoms with Crippen LogP contribution in [0.2, 0.25) is 0 Å². The van der Waals surface area contributed by atoms with Crippen molar-refractivity contribution < 1.29 is 4.79 Å². The van der Waals surface area contributed by atoms with Gasteiger partial charge in [-0.3, -0.25) is 4.79 Å². The van der Waals surface area contributed by atoms with Gasteiger partial charge in [-0.2, -0.15) is 5.10 Å². The van der Waals surface area contributed by atoms with E-state index < -0.39 is 0 Å². The molecular weight excluding hydrogens is 176 g/mol. The Balaban J connectivity index is 4.32. The van der Waals surface area contributed by atoms with Crippen LogP contribution >= 0.6 is 0 Å². The van der Waals surface area contributed by atoms with Crippen LogP contribution in [0.15, 0.2) is 28.9 Å². The Morgan fingerprint density at radius 3 is 2.50 bits per heavy atom. The van der Waals surface area contributed by atoms with Crippen LogP contribution in [-0.2, 0) is 4.79 Å². The smallest absolute Gasteiger partial charge is 0.149 e. The quantitative estimate of drug-likeness (QED) is 0.220. The van der Waals surface area contributed by atoms with Crippen molar-refractivity contribution in [1.29, 1.82) is 0 Å². The molecule has 0 atom stereocenters. The number of rotatable bonds is 5. The summed E-state index contributed by atoms with van der Waals surface area (Å²) in [6.45, 7) is 3.83. The molecule has 0 unspecified atom stereocenters. The molecule has 0 spiro atoms. The molecule has 0 aromatic heterocycles. The summed E-state index contributed by atoms with van der Waals surface area (Å²) in [7, 11) is 3.75. The van der Waals surface area contributed by atoms with Crippen molar-refractivity contribution in [2.75, 3.05) is 14.1 Å². The number of hydrogen-bond acceptors (Lipinski definition) is 3. The van der Waals surface area contributed by atoms with Crippen LogP contribution in [0.4, 0.5) is 0 Å². The minimum Gasteiger partial charge on any atom is -0.303 e. The molecule has 0 aliphatic heterocycles. The fourth-order valence-corrected chi connectivity index (χ4v) is 0.996. The van der Waals surface area contributed by atoms with E-state index in [0.717, 1.165) is 12.0 Å². The molecule has 0 rings (SSSR count). The molecule has 14 heavy (non-hydrogen) atoms. The molecule has 3 heteroatoms. The Morgan fingerprint density at radius 1 is 1.43 bits per heavy atom. The number of allylic oxidation sites excluding steroid dienone is 4. The van der Waals surface area contributed by atoms with Crippen molar-refractivity contribution in [2.24, 2.45) is 5.10 Å². The van der Waals surface area contributed by atoms with Gasteiger partial charge in [0.05, 0.1) is 0 Å². The van der Waals surface area contributed by atoms with Gasteiger partial charge in [0.1, 0.15) is 6.29 Å². The van der Waals surface area contributed by atoms with E-state index in [1.807, 2.05) is 40.1 Å². The Bertz CT molecular complexity index is 262. The highest BCUT2D eigenvalue weighted by molar-refractivity contribution is 5.85. The molecule has 0 N–H and O–H groups in total. The van der Waals surface area contributed by atoms with E-state index in [4.69, 9.17) is 0 Å². The van der Waals surface area contributed by atoms with Crippen LogP contribution in [0.5, 0.6) is 0 Å². The van der Waals surface area contributed by atoms with E-state index >= 15 is 0 Å². The molecule has 78 valence electrons. The normalized spacial score (nSPS) is 13.4. The van der Waals surface area contributed by atoms with Crippen molar-refractivity contribution in [2.45, 2.75) is 20.3 Å². The lowest BCUT2D eigenvalue weighted by molar-refractivity contribution is -0.104. The number of carbonyl (C=O) groups excluding carboxylic acids is 1. The second-order valence-corrected chi connectivity index (χ2v) is 3.21. The zero-order valence-corrected chi connectivity index (χ0v) is 9.32. The minimum absolute atomic E-state index is 0.695. The maximum atomic E-state index is 10.6. The highest BCUT2D eigenvalue weighted by atomic mass is 16.1. The van der Waals surface area contributed by atoms with Gasteiger partial charge in [0.15, 0.2) is 0 Å². The number of hydrogen-bond donors (Lipinski definition) is 0. The van der Waals surface area contributed by atoms with Crippen LogP contribution < -0.4 is 0 Å². The van der Waals surface area contributed by atoms with E-state index in [1.54, 1.807) is 11.1 Å². The van der Waals surface area contributed by atoms with Gasteiger partial charge in [0.2, 0.25) is 0 Å². The molecule has 0 aromatic carbocycles. The fourth-order valence-electron chi connectivity index (χ4n) is 0.996. The molecule has 0 aliphatic rings. The Morgan fingerprint density at radius 2 is 2.07 bits per heavy atom. The van der Waals surface area contributed by atoms with Crippen LogP contribution in [-0.4, -0.2) is 31.1 Å². The second-order valence-electron chi connectivity index (χ2n) is 3.21. The first-order valence-corrected chi connectivity index (χ1v) is 4.59. The van der Waals surface area contributed by atoms with E-state index in [0.29, 0.717) is 12.0 Å². The van der Waals surface area contributed by atoms with E-state index in [-0.39, 0.29) is 0 Å². The van der Waals surface area contributed by atoms with Gasteiger partial charge in [-0.15, -0.1) is 0 Å². The highest BCUT2D eigenvalue weighted by Gasteiger charge is 1.92. The molecule has 3 nitrogen and oxygen atoms in total. The molecule has 0 saturated carbocycles. The Hall–Kier alpha value is -1.38. The lowest BCUT2D eigenvalue weighted by Crippen LogP contribution is -2.05. The Labute approximate surface area is 85.8 Å². The molecular formula is C11H18N2O. The monoisotopic (exact) mass is 194 g/mol. The largest absolute Gasteiger partial charge is 0.303 e. The summed E-state index contributed by atoms with van der Waals surface area (Å²) in [5.41, 5.74) is 1.68. The first-order valence-electron chi connectivity index (χ1n) is 4.59. The van der Waals surface area contributed by atoms with Crippen LogP contribution in [0.3, 0.4) is 0 Å². The summed E-state index contributed by atoms with van der Waals surface area (Å²) in [6, 6.07) is 0. The van der Waals surface area contributed by atoms with Gasteiger partial charge in [-0.05, 0) is 13.8 Å². The molecule has 0 amide bonds. The predicted octanol–water partition coefficient (Wildman–Crippen LogP) is 2.02. The summed E-state index contributed by atoms with van der Waals surface area (Å²) in [6.07, 6.45) is 7.06. The van der Waals surface area contributed by atoms with Gasteiger partial charge in [0, 0.05) is 31.8 Å². The standard InChI is InChI=1S/C11H18N2O/c1-5-6-11(9-14)8-7-10(2)12-13(3)4/h5-6,8-9H,7H2,1-4H3/b6-5-,11-8+,12-10-. The lowest BCUT2D eigenvalue weighted by Gasteiger charge is -2.05. The van der Waals surface area contributed by atoms with Crippen LogP contribution in [0.1, 0.15) is 20.3 Å². The third-order valence-corrected chi connectivity index (χ3v) is 1.50. The van der Waals surface area contributed by atoms with Crippen LogP contribution in [0.25, 0.3) is 0 Å². The molecule has 0 bridgehead atoms. The van der Waals surface area contributed by atoms with E-state index in [2.05, 4.69) is 5.10 Å². The number of nitrogens with zero attached hydrogens (tertiary/aromatic N) is 2. The minimum atomic E-state index is 0.695. The van der Waals surface area contributed by atoms with Gasteiger partial charge in [-0.25, -0.2) is 0 Å². The van der Waals surface area contributed by atoms with Gasteiger partial charge in [0.25, 0.3) is 0 Å². The molecule has 0 aliphatic carbocycles. The van der Waals surface area contributed by atoms with Crippen molar-refractivity contribution >= 4 is 12.0 Å². The molecule has 0 fully saturated rings. The average Bonchev–Trinajstić information content (AvgIpc) is 2.11. The van der Waals surface area contributed by atoms with Crippen molar-refractivity contribution in [3.05, 3.63) is 23.8 Å². The second kappa shape index (κ2) is 7.06. The summed E-state index contributed by atoms with van der Waals surface area (Å²) in [4.78, 5) is 10.6. The first kappa shape index (κ1) is 12.6. The predicted molar refractivity (Wildman–Crippen MR) is 60.4 cm³/mol. The molecule has 0 aromatic rings. The fraction of sp³-hybridized carbons (Fsp3) is 0.455.